The molecule has 0 saturated carbocycles. The third kappa shape index (κ3) is 2.10. The largest absolute Gasteiger partial charge is 0.384 e. The van der Waals surface area contributed by atoms with Gasteiger partial charge in [-0.3, -0.25) is 4.68 Å². The zero-order valence-electron chi connectivity index (χ0n) is 11.2. The Bertz CT molecular complexity index is 565. The van der Waals surface area contributed by atoms with Gasteiger partial charge < -0.3 is 5.73 Å². The van der Waals surface area contributed by atoms with E-state index in [9.17, 15) is 4.39 Å². The highest BCUT2D eigenvalue weighted by molar-refractivity contribution is 5.67. The summed E-state index contributed by atoms with van der Waals surface area (Å²) in [6, 6.07) is 5.25. The first-order valence-corrected chi connectivity index (χ1v) is 6.00. The first-order chi connectivity index (χ1) is 8.40. The highest BCUT2D eigenvalue weighted by Gasteiger charge is 2.14. The summed E-state index contributed by atoms with van der Waals surface area (Å²) in [6.07, 6.45) is 0. The summed E-state index contributed by atoms with van der Waals surface area (Å²) < 4.78 is 15.4. The van der Waals surface area contributed by atoms with Crippen molar-refractivity contribution in [1.82, 2.24) is 9.78 Å². The summed E-state index contributed by atoms with van der Waals surface area (Å²) in [6.45, 7) is 5.84. The van der Waals surface area contributed by atoms with E-state index >= 15 is 0 Å². The lowest BCUT2D eigenvalue weighted by Gasteiger charge is -2.11. The van der Waals surface area contributed by atoms with E-state index in [2.05, 4.69) is 5.10 Å². The van der Waals surface area contributed by atoms with E-state index in [0.717, 1.165) is 16.8 Å². The Morgan fingerprint density at radius 2 is 1.94 bits per heavy atom. The number of nitrogens with zero attached hydrogens (tertiary/aromatic N) is 2. The monoisotopic (exact) mass is 247 g/mol. The second kappa shape index (κ2) is 4.44. The Hall–Kier alpha value is -1.84. The van der Waals surface area contributed by atoms with Crippen molar-refractivity contribution < 1.29 is 4.39 Å². The first kappa shape index (κ1) is 12.6. The van der Waals surface area contributed by atoms with Crippen molar-refractivity contribution in [2.75, 3.05) is 5.73 Å². The molecule has 1 aromatic heterocycles. The molecule has 0 spiro atoms. The molecule has 0 radical (unpaired) electrons. The average Bonchev–Trinajstić information content (AvgIpc) is 2.58. The Balaban J connectivity index is 2.60. The smallest absolute Gasteiger partial charge is 0.126 e. The van der Waals surface area contributed by atoms with E-state index in [1.165, 1.54) is 0 Å². The number of nitrogen functional groups attached to an aromatic ring is 1. The van der Waals surface area contributed by atoms with Crippen molar-refractivity contribution in [3.05, 3.63) is 35.1 Å². The predicted octanol–water partition coefficient (Wildman–Crippen LogP) is 3.24. The van der Waals surface area contributed by atoms with Gasteiger partial charge in [-0.1, -0.05) is 13.8 Å². The third-order valence-corrected chi connectivity index (χ3v) is 3.16. The number of hydrogen-bond donors (Lipinski definition) is 1. The van der Waals surface area contributed by atoms with Crippen molar-refractivity contribution in [3.63, 3.8) is 0 Å². The van der Waals surface area contributed by atoms with Crippen molar-refractivity contribution in [3.8, 4) is 11.3 Å². The summed E-state index contributed by atoms with van der Waals surface area (Å²) in [5, 5.41) is 4.34. The molecule has 2 aromatic rings. The number of aromatic nitrogens is 2. The summed E-state index contributed by atoms with van der Waals surface area (Å²) >= 11 is 0. The number of anilines is 1. The molecule has 0 amide bonds. The summed E-state index contributed by atoms with van der Waals surface area (Å²) in [7, 11) is 1.79. The van der Waals surface area contributed by atoms with E-state index < -0.39 is 0 Å². The van der Waals surface area contributed by atoms with Crippen LogP contribution in [-0.2, 0) is 7.05 Å². The maximum absolute atomic E-state index is 13.8. The topological polar surface area (TPSA) is 43.8 Å². The van der Waals surface area contributed by atoms with Crippen LogP contribution in [0.25, 0.3) is 11.3 Å². The third-order valence-electron chi connectivity index (χ3n) is 3.16. The van der Waals surface area contributed by atoms with Crippen LogP contribution in [0.4, 0.5) is 10.2 Å². The summed E-state index contributed by atoms with van der Waals surface area (Å²) in [4.78, 5) is 0. The van der Waals surface area contributed by atoms with Gasteiger partial charge in [-0.15, -0.1) is 0 Å². The molecule has 1 aromatic carbocycles. The Kier molecular flexibility index (Phi) is 3.11. The minimum absolute atomic E-state index is 0.144. The molecule has 0 atom stereocenters. The fourth-order valence-corrected chi connectivity index (χ4v) is 2.02. The Morgan fingerprint density at radius 1 is 1.28 bits per heavy atom. The molecule has 1 heterocycles. The maximum atomic E-state index is 13.8. The quantitative estimate of drug-likeness (QED) is 0.885. The molecule has 0 aliphatic rings. The molecule has 0 saturated heterocycles. The normalized spacial score (nSPS) is 11.2. The number of rotatable bonds is 2. The van der Waals surface area contributed by atoms with Gasteiger partial charge in [0, 0.05) is 18.7 Å². The fraction of sp³-hybridized carbons (Fsp3) is 0.357. The Labute approximate surface area is 106 Å². The van der Waals surface area contributed by atoms with E-state index in [0.29, 0.717) is 11.4 Å². The second-order valence-corrected chi connectivity index (χ2v) is 4.92. The van der Waals surface area contributed by atoms with E-state index in [1.54, 1.807) is 17.8 Å². The molecule has 2 rings (SSSR count). The lowest BCUT2D eigenvalue weighted by Crippen LogP contribution is -1.98. The van der Waals surface area contributed by atoms with Crippen molar-refractivity contribution >= 4 is 5.82 Å². The van der Waals surface area contributed by atoms with Crippen LogP contribution in [0.5, 0.6) is 0 Å². The molecular formula is C14H18FN3. The molecule has 4 heteroatoms. The molecule has 0 bridgehead atoms. The maximum Gasteiger partial charge on any atom is 0.126 e. The van der Waals surface area contributed by atoms with Gasteiger partial charge in [0.25, 0.3) is 0 Å². The van der Waals surface area contributed by atoms with Crippen LogP contribution in [0.15, 0.2) is 18.2 Å². The van der Waals surface area contributed by atoms with Crippen LogP contribution in [0.3, 0.4) is 0 Å². The lowest BCUT2D eigenvalue weighted by atomic mass is 9.95. The van der Waals surface area contributed by atoms with Crippen molar-refractivity contribution in [1.29, 1.82) is 0 Å². The molecule has 96 valence electrons. The van der Waals surface area contributed by atoms with Crippen LogP contribution in [0.2, 0.25) is 0 Å². The number of halogens is 1. The minimum Gasteiger partial charge on any atom is -0.384 e. The average molecular weight is 247 g/mol. The van der Waals surface area contributed by atoms with Crippen molar-refractivity contribution in [2.45, 2.75) is 26.7 Å². The highest BCUT2D eigenvalue weighted by atomic mass is 19.1. The van der Waals surface area contributed by atoms with Gasteiger partial charge in [0.2, 0.25) is 0 Å². The standard InChI is InChI=1S/C14H18FN3/c1-8(2)10-6-11(9(3)5-12(10)15)13-7-14(16)18(4)17-13/h5-8H,16H2,1-4H3. The Morgan fingerprint density at radius 3 is 2.44 bits per heavy atom. The number of hydrogen-bond acceptors (Lipinski definition) is 2. The molecular weight excluding hydrogens is 229 g/mol. The van der Waals surface area contributed by atoms with Gasteiger partial charge in [-0.25, -0.2) is 4.39 Å². The SMILES string of the molecule is Cc1cc(F)c(C(C)C)cc1-c1cc(N)n(C)n1. The van der Waals surface area contributed by atoms with Gasteiger partial charge >= 0.3 is 0 Å². The van der Waals surface area contributed by atoms with Crippen molar-refractivity contribution in [2.24, 2.45) is 7.05 Å². The highest BCUT2D eigenvalue weighted by Crippen LogP contribution is 2.29. The minimum atomic E-state index is -0.157. The molecule has 0 aliphatic heterocycles. The zero-order valence-corrected chi connectivity index (χ0v) is 11.2. The summed E-state index contributed by atoms with van der Waals surface area (Å²) in [5.74, 6) is 0.584. The molecule has 0 unspecified atom stereocenters. The van der Waals surface area contributed by atoms with Crippen LogP contribution in [0.1, 0.15) is 30.9 Å². The molecule has 3 nitrogen and oxygen atoms in total. The van der Waals surface area contributed by atoms with Crippen LogP contribution < -0.4 is 5.73 Å². The van der Waals surface area contributed by atoms with E-state index in [4.69, 9.17) is 5.73 Å². The molecule has 18 heavy (non-hydrogen) atoms. The number of nitrogens with two attached hydrogens (primary N) is 1. The molecule has 0 fully saturated rings. The molecule has 0 aliphatic carbocycles. The summed E-state index contributed by atoms with van der Waals surface area (Å²) in [5.41, 5.74) is 9.08. The van der Waals surface area contributed by atoms with Gasteiger partial charge in [0.05, 0.1) is 5.69 Å². The second-order valence-electron chi connectivity index (χ2n) is 4.92. The predicted molar refractivity (Wildman–Crippen MR) is 71.8 cm³/mol. The first-order valence-electron chi connectivity index (χ1n) is 6.00. The van der Waals surface area contributed by atoms with Gasteiger partial charge in [0.1, 0.15) is 11.6 Å². The lowest BCUT2D eigenvalue weighted by molar-refractivity contribution is 0.597. The van der Waals surface area contributed by atoms with Crippen LogP contribution >= 0.6 is 0 Å². The number of benzene rings is 1. The van der Waals surface area contributed by atoms with Gasteiger partial charge in [0.15, 0.2) is 0 Å². The zero-order chi connectivity index (χ0) is 13.4. The molecule has 2 N–H and O–H groups in total. The van der Waals surface area contributed by atoms with Gasteiger partial charge in [-0.05, 0) is 36.1 Å². The fourth-order valence-electron chi connectivity index (χ4n) is 2.02. The van der Waals surface area contributed by atoms with Crippen LogP contribution in [0, 0.1) is 12.7 Å². The van der Waals surface area contributed by atoms with Crippen LogP contribution in [-0.4, -0.2) is 9.78 Å². The van der Waals surface area contributed by atoms with Gasteiger partial charge in [-0.2, -0.15) is 5.10 Å². The number of aryl methyl sites for hydroxylation is 2. The van der Waals surface area contributed by atoms with E-state index in [-0.39, 0.29) is 11.7 Å². The van der Waals surface area contributed by atoms with E-state index in [1.807, 2.05) is 32.9 Å².